The van der Waals surface area contributed by atoms with E-state index in [-0.39, 0.29) is 0 Å². The van der Waals surface area contributed by atoms with Gasteiger partial charge in [0.25, 0.3) is 0 Å². The predicted molar refractivity (Wildman–Crippen MR) is 74.2 cm³/mol. The van der Waals surface area contributed by atoms with Gasteiger partial charge in [-0.1, -0.05) is 17.7 Å². The second-order valence-electron chi connectivity index (χ2n) is 4.14. The van der Waals surface area contributed by atoms with E-state index >= 15 is 0 Å². The minimum absolute atomic E-state index is 0.773. The van der Waals surface area contributed by atoms with E-state index in [0.29, 0.717) is 0 Å². The first-order chi connectivity index (χ1) is 8.22. The Morgan fingerprint density at radius 2 is 2.29 bits per heavy atom. The van der Waals surface area contributed by atoms with Gasteiger partial charge in [-0.25, -0.2) is 0 Å². The molecular formula is C13H18ClN3. The number of likely N-dealkylation sites (N-methyl/N-ethyl adjacent to an activating group) is 1. The van der Waals surface area contributed by atoms with E-state index in [4.69, 9.17) is 11.6 Å². The lowest BCUT2D eigenvalue weighted by Crippen LogP contribution is -2.32. The van der Waals surface area contributed by atoms with Crippen molar-refractivity contribution in [3.63, 3.8) is 0 Å². The van der Waals surface area contributed by atoms with Crippen molar-refractivity contribution in [2.45, 2.75) is 13.8 Å². The van der Waals surface area contributed by atoms with Crippen LogP contribution in [0.2, 0.25) is 5.02 Å². The van der Waals surface area contributed by atoms with Crippen molar-refractivity contribution < 1.29 is 0 Å². The molecule has 1 aliphatic rings. The molecule has 0 unspecified atom stereocenters. The van der Waals surface area contributed by atoms with Crippen LogP contribution in [0.1, 0.15) is 12.5 Å². The second kappa shape index (κ2) is 5.41. The number of benzene rings is 1. The monoisotopic (exact) mass is 251 g/mol. The van der Waals surface area contributed by atoms with Crippen molar-refractivity contribution in [1.82, 2.24) is 4.90 Å². The fourth-order valence-corrected chi connectivity index (χ4v) is 2.18. The first-order valence-electron chi connectivity index (χ1n) is 5.99. The first-order valence-corrected chi connectivity index (χ1v) is 6.37. The molecule has 1 heterocycles. The molecule has 0 saturated carbocycles. The normalized spacial score (nSPS) is 15.0. The largest absolute Gasteiger partial charge is 0.378 e. The molecule has 0 atom stereocenters. The SMILES string of the molecule is CCN1CCN=C1CNc1cccc(Cl)c1C. The molecule has 1 N–H and O–H groups in total. The molecule has 0 bridgehead atoms. The molecule has 0 aliphatic carbocycles. The van der Waals surface area contributed by atoms with Crippen LogP contribution in [0, 0.1) is 6.92 Å². The molecule has 3 nitrogen and oxygen atoms in total. The fraction of sp³-hybridized carbons (Fsp3) is 0.462. The number of halogens is 1. The lowest BCUT2D eigenvalue weighted by Gasteiger charge is -2.19. The summed E-state index contributed by atoms with van der Waals surface area (Å²) in [6.07, 6.45) is 0. The summed E-state index contributed by atoms with van der Waals surface area (Å²) >= 11 is 6.08. The fourth-order valence-electron chi connectivity index (χ4n) is 2.01. The highest BCUT2D eigenvalue weighted by Crippen LogP contribution is 2.22. The van der Waals surface area contributed by atoms with Gasteiger partial charge in [0.2, 0.25) is 0 Å². The van der Waals surface area contributed by atoms with E-state index in [2.05, 4.69) is 22.1 Å². The van der Waals surface area contributed by atoms with E-state index in [1.165, 1.54) is 0 Å². The number of hydrogen-bond acceptors (Lipinski definition) is 3. The second-order valence-corrected chi connectivity index (χ2v) is 4.55. The van der Waals surface area contributed by atoms with Crippen LogP contribution in [0.15, 0.2) is 23.2 Å². The summed E-state index contributed by atoms with van der Waals surface area (Å²) in [6.45, 7) is 7.94. The number of nitrogens with zero attached hydrogens (tertiary/aromatic N) is 2. The summed E-state index contributed by atoms with van der Waals surface area (Å²) in [4.78, 5) is 6.80. The van der Waals surface area contributed by atoms with Gasteiger partial charge in [0, 0.05) is 23.8 Å². The number of amidine groups is 1. The quantitative estimate of drug-likeness (QED) is 0.891. The van der Waals surface area contributed by atoms with E-state index in [9.17, 15) is 0 Å². The number of hydrogen-bond donors (Lipinski definition) is 1. The van der Waals surface area contributed by atoms with Gasteiger partial charge in [0.1, 0.15) is 5.84 Å². The summed E-state index contributed by atoms with van der Waals surface area (Å²) in [5.41, 5.74) is 2.18. The van der Waals surface area contributed by atoms with Gasteiger partial charge in [-0.2, -0.15) is 0 Å². The average molecular weight is 252 g/mol. The Bertz CT molecular complexity index is 429. The number of aliphatic imine (C=N–C) groups is 1. The number of nitrogens with one attached hydrogen (secondary N) is 1. The Balaban J connectivity index is 2.00. The maximum absolute atomic E-state index is 6.08. The third kappa shape index (κ3) is 2.72. The third-order valence-electron chi connectivity index (χ3n) is 3.12. The maximum Gasteiger partial charge on any atom is 0.118 e. The van der Waals surface area contributed by atoms with Crippen molar-refractivity contribution in [3.8, 4) is 0 Å². The minimum Gasteiger partial charge on any atom is -0.378 e. The van der Waals surface area contributed by atoms with Gasteiger partial charge in [-0.05, 0) is 31.5 Å². The molecule has 4 heteroatoms. The standard InChI is InChI=1S/C13H18ClN3/c1-3-17-8-7-15-13(17)9-16-12-6-4-5-11(14)10(12)2/h4-6,16H,3,7-9H2,1-2H3. The Morgan fingerprint density at radius 3 is 3.06 bits per heavy atom. The molecule has 1 aromatic rings. The van der Waals surface area contributed by atoms with Crippen molar-refractivity contribution in [2.75, 3.05) is 31.5 Å². The molecule has 0 saturated heterocycles. The summed E-state index contributed by atoms with van der Waals surface area (Å²) in [5.74, 6) is 1.15. The Morgan fingerprint density at radius 1 is 1.47 bits per heavy atom. The molecule has 0 amide bonds. The van der Waals surface area contributed by atoms with Crippen LogP contribution in [-0.2, 0) is 0 Å². The molecule has 92 valence electrons. The van der Waals surface area contributed by atoms with Crippen molar-refractivity contribution in [2.24, 2.45) is 4.99 Å². The summed E-state index contributed by atoms with van der Waals surface area (Å²) < 4.78 is 0. The van der Waals surface area contributed by atoms with Crippen LogP contribution in [0.3, 0.4) is 0 Å². The van der Waals surface area contributed by atoms with E-state index in [1.807, 2.05) is 25.1 Å². The van der Waals surface area contributed by atoms with Gasteiger partial charge in [-0.15, -0.1) is 0 Å². The third-order valence-corrected chi connectivity index (χ3v) is 3.53. The van der Waals surface area contributed by atoms with Crippen LogP contribution < -0.4 is 5.32 Å². The van der Waals surface area contributed by atoms with Crippen LogP contribution in [0.5, 0.6) is 0 Å². The van der Waals surface area contributed by atoms with Gasteiger partial charge < -0.3 is 10.2 Å². The number of rotatable bonds is 4. The smallest absolute Gasteiger partial charge is 0.118 e. The zero-order valence-electron chi connectivity index (χ0n) is 10.3. The summed E-state index contributed by atoms with van der Waals surface area (Å²) in [5, 5.41) is 4.20. The average Bonchev–Trinajstić information content (AvgIpc) is 2.78. The van der Waals surface area contributed by atoms with E-state index in [0.717, 1.165) is 48.3 Å². The molecule has 2 rings (SSSR count). The maximum atomic E-state index is 6.08. The minimum atomic E-state index is 0.773. The van der Waals surface area contributed by atoms with Crippen molar-refractivity contribution >= 4 is 23.1 Å². The van der Waals surface area contributed by atoms with Gasteiger partial charge >= 0.3 is 0 Å². The lowest BCUT2D eigenvalue weighted by atomic mass is 10.2. The molecule has 0 aromatic heterocycles. The molecule has 1 aromatic carbocycles. The molecular weight excluding hydrogens is 234 g/mol. The molecule has 0 fully saturated rings. The highest BCUT2D eigenvalue weighted by Gasteiger charge is 2.14. The Hall–Kier alpha value is -1.22. The Kier molecular flexibility index (Phi) is 3.89. The van der Waals surface area contributed by atoms with Crippen molar-refractivity contribution in [3.05, 3.63) is 28.8 Å². The number of anilines is 1. The van der Waals surface area contributed by atoms with Crippen LogP contribution in [0.4, 0.5) is 5.69 Å². The molecule has 0 radical (unpaired) electrons. The van der Waals surface area contributed by atoms with Gasteiger partial charge in [0.05, 0.1) is 13.1 Å². The van der Waals surface area contributed by atoms with Crippen LogP contribution in [-0.4, -0.2) is 36.9 Å². The molecule has 0 spiro atoms. The van der Waals surface area contributed by atoms with Gasteiger partial charge in [-0.3, -0.25) is 4.99 Å². The summed E-state index contributed by atoms with van der Waals surface area (Å²) in [6, 6.07) is 5.92. The predicted octanol–water partition coefficient (Wildman–Crippen LogP) is 2.79. The zero-order valence-corrected chi connectivity index (χ0v) is 11.1. The molecule has 1 aliphatic heterocycles. The highest BCUT2D eigenvalue weighted by molar-refractivity contribution is 6.31. The van der Waals surface area contributed by atoms with Crippen LogP contribution in [0.25, 0.3) is 0 Å². The van der Waals surface area contributed by atoms with E-state index in [1.54, 1.807) is 0 Å². The van der Waals surface area contributed by atoms with Crippen LogP contribution >= 0.6 is 11.6 Å². The first kappa shape index (κ1) is 12.2. The Labute approximate surface area is 107 Å². The topological polar surface area (TPSA) is 27.6 Å². The highest BCUT2D eigenvalue weighted by atomic mass is 35.5. The lowest BCUT2D eigenvalue weighted by molar-refractivity contribution is 0.479. The molecule has 17 heavy (non-hydrogen) atoms. The van der Waals surface area contributed by atoms with E-state index < -0.39 is 0 Å². The summed E-state index contributed by atoms with van der Waals surface area (Å²) in [7, 11) is 0. The zero-order chi connectivity index (χ0) is 12.3. The van der Waals surface area contributed by atoms with Gasteiger partial charge in [0.15, 0.2) is 0 Å². The van der Waals surface area contributed by atoms with Crippen molar-refractivity contribution in [1.29, 1.82) is 0 Å².